The molecule has 2 aliphatic rings. The maximum Gasteiger partial charge on any atom is 0.272 e. The van der Waals surface area contributed by atoms with Crippen LogP contribution in [0, 0.1) is 5.41 Å². The average molecular weight is 461 g/mol. The van der Waals surface area contributed by atoms with Gasteiger partial charge in [-0.05, 0) is 25.3 Å². The van der Waals surface area contributed by atoms with Crippen LogP contribution in [0.4, 0.5) is 5.69 Å². The Kier molecular flexibility index (Phi) is 7.10. The van der Waals surface area contributed by atoms with Crippen LogP contribution in [0.2, 0.25) is 0 Å². The highest BCUT2D eigenvalue weighted by Crippen LogP contribution is 2.39. The van der Waals surface area contributed by atoms with Gasteiger partial charge < -0.3 is 15.5 Å². The number of unbranched alkanes of at least 4 members (excludes halogenated alkanes) is 1. The molecule has 2 aromatic rings. The van der Waals surface area contributed by atoms with Crippen molar-refractivity contribution >= 4 is 29.1 Å². The van der Waals surface area contributed by atoms with Crippen LogP contribution in [-0.4, -0.2) is 43.2 Å². The van der Waals surface area contributed by atoms with E-state index in [4.69, 9.17) is 4.99 Å². The number of fused-ring (bicyclic) bond motifs is 1. The number of rotatable bonds is 7. The highest BCUT2D eigenvalue weighted by Gasteiger charge is 2.49. The zero-order chi connectivity index (χ0) is 24.1. The predicted octanol–water partition coefficient (Wildman–Crippen LogP) is 3.42. The Labute approximate surface area is 200 Å². The van der Waals surface area contributed by atoms with Gasteiger partial charge in [0.05, 0.1) is 11.4 Å². The van der Waals surface area contributed by atoms with Gasteiger partial charge >= 0.3 is 0 Å². The van der Waals surface area contributed by atoms with Gasteiger partial charge in [0.25, 0.3) is 5.91 Å². The van der Waals surface area contributed by atoms with Crippen LogP contribution in [0.25, 0.3) is 0 Å². The predicted molar refractivity (Wildman–Crippen MR) is 133 cm³/mol. The maximum absolute atomic E-state index is 13.6. The molecular weight excluding hydrogens is 428 g/mol. The molecule has 0 aromatic heterocycles. The summed E-state index contributed by atoms with van der Waals surface area (Å²) in [6.45, 7) is 2.60. The summed E-state index contributed by atoms with van der Waals surface area (Å²) < 4.78 is 0. The van der Waals surface area contributed by atoms with Crippen molar-refractivity contribution in [2.24, 2.45) is 10.4 Å². The Bertz CT molecular complexity index is 1090. The minimum absolute atomic E-state index is 0.249. The number of nitrogens with one attached hydrogen (secondary N) is 2. The van der Waals surface area contributed by atoms with E-state index in [2.05, 4.69) is 17.6 Å². The van der Waals surface area contributed by atoms with Crippen molar-refractivity contribution in [1.82, 2.24) is 10.6 Å². The lowest BCUT2D eigenvalue weighted by molar-refractivity contribution is -0.144. The van der Waals surface area contributed by atoms with E-state index in [1.54, 1.807) is 7.05 Å². The fourth-order valence-electron chi connectivity index (χ4n) is 4.79. The SMILES string of the molecule is CCCCNC(=O)C1(C(=O)NC2N=C(c3ccccc3)c3ccccc3N(C)C2=O)CCCC1. The summed E-state index contributed by atoms with van der Waals surface area (Å²) in [6, 6.07) is 17.2. The zero-order valence-corrected chi connectivity index (χ0v) is 19.8. The molecule has 1 fully saturated rings. The first kappa shape index (κ1) is 23.7. The third-order valence-corrected chi connectivity index (χ3v) is 6.80. The van der Waals surface area contributed by atoms with Crippen molar-refractivity contribution in [1.29, 1.82) is 0 Å². The van der Waals surface area contributed by atoms with E-state index in [0.29, 0.717) is 25.1 Å². The van der Waals surface area contributed by atoms with Gasteiger partial charge in [-0.15, -0.1) is 0 Å². The quantitative estimate of drug-likeness (QED) is 0.490. The molecule has 1 aliphatic carbocycles. The van der Waals surface area contributed by atoms with Crippen LogP contribution >= 0.6 is 0 Å². The van der Waals surface area contributed by atoms with Crippen molar-refractivity contribution < 1.29 is 14.4 Å². The van der Waals surface area contributed by atoms with Gasteiger partial charge in [-0.2, -0.15) is 0 Å². The van der Waals surface area contributed by atoms with Gasteiger partial charge in [0.2, 0.25) is 18.0 Å². The Morgan fingerprint density at radius 3 is 2.41 bits per heavy atom. The first-order valence-corrected chi connectivity index (χ1v) is 12.1. The molecule has 0 bridgehead atoms. The summed E-state index contributed by atoms with van der Waals surface area (Å²) >= 11 is 0. The molecule has 7 nitrogen and oxygen atoms in total. The molecule has 0 saturated heterocycles. The van der Waals surface area contributed by atoms with Crippen LogP contribution < -0.4 is 15.5 Å². The number of carbonyl (C=O) groups excluding carboxylic acids is 3. The molecule has 1 saturated carbocycles. The number of benzene rings is 2. The highest BCUT2D eigenvalue weighted by molar-refractivity contribution is 6.20. The summed E-state index contributed by atoms with van der Waals surface area (Å²) in [5.41, 5.74) is 1.86. The Hall–Kier alpha value is -3.48. The van der Waals surface area contributed by atoms with Crippen LogP contribution in [0.3, 0.4) is 0 Å². The average Bonchev–Trinajstić information content (AvgIpc) is 3.34. The van der Waals surface area contributed by atoms with Crippen molar-refractivity contribution in [3.8, 4) is 0 Å². The molecule has 7 heteroatoms. The molecule has 178 valence electrons. The fourth-order valence-corrected chi connectivity index (χ4v) is 4.79. The topological polar surface area (TPSA) is 90.9 Å². The first-order valence-electron chi connectivity index (χ1n) is 12.1. The number of anilines is 1. The molecule has 34 heavy (non-hydrogen) atoms. The zero-order valence-electron chi connectivity index (χ0n) is 19.8. The number of para-hydroxylation sites is 1. The number of carbonyl (C=O) groups is 3. The van der Waals surface area contributed by atoms with Gasteiger partial charge in [-0.25, -0.2) is 4.99 Å². The van der Waals surface area contributed by atoms with E-state index >= 15 is 0 Å². The first-order chi connectivity index (χ1) is 16.5. The van der Waals surface area contributed by atoms with Crippen LogP contribution in [0.1, 0.15) is 56.6 Å². The van der Waals surface area contributed by atoms with Gasteiger partial charge in [-0.1, -0.05) is 74.7 Å². The second kappa shape index (κ2) is 10.2. The van der Waals surface area contributed by atoms with Crippen LogP contribution in [0.5, 0.6) is 0 Å². The van der Waals surface area contributed by atoms with Gasteiger partial charge in [0, 0.05) is 24.7 Å². The molecule has 1 atom stereocenters. The molecule has 3 amide bonds. The summed E-state index contributed by atoms with van der Waals surface area (Å²) in [7, 11) is 1.69. The number of amides is 3. The summed E-state index contributed by atoms with van der Waals surface area (Å²) in [4.78, 5) is 46.4. The third-order valence-electron chi connectivity index (χ3n) is 6.80. The van der Waals surface area contributed by atoms with Gasteiger partial charge in [-0.3, -0.25) is 14.4 Å². The number of hydrogen-bond acceptors (Lipinski definition) is 4. The van der Waals surface area contributed by atoms with Gasteiger partial charge in [0.1, 0.15) is 5.41 Å². The number of likely N-dealkylation sites (N-methyl/N-ethyl adjacent to an activating group) is 1. The molecule has 1 unspecified atom stereocenters. The molecule has 4 rings (SSSR count). The highest BCUT2D eigenvalue weighted by atomic mass is 16.2. The van der Waals surface area contributed by atoms with E-state index < -0.39 is 17.5 Å². The molecule has 1 heterocycles. The minimum Gasteiger partial charge on any atom is -0.355 e. The molecular formula is C27H32N4O3. The fraction of sp³-hybridized carbons (Fsp3) is 0.407. The monoisotopic (exact) mass is 460 g/mol. The summed E-state index contributed by atoms with van der Waals surface area (Å²) in [6.07, 6.45) is 3.25. The van der Waals surface area contributed by atoms with Gasteiger partial charge in [0.15, 0.2) is 0 Å². The van der Waals surface area contributed by atoms with Crippen molar-refractivity contribution in [3.63, 3.8) is 0 Å². The summed E-state index contributed by atoms with van der Waals surface area (Å²) in [5.74, 6) is -1.01. The number of benzodiazepines with no additional fused rings is 1. The molecule has 0 spiro atoms. The normalized spacial score (nSPS) is 19.1. The van der Waals surface area contributed by atoms with Crippen LogP contribution in [-0.2, 0) is 14.4 Å². The number of aliphatic imine (C=N–C) groups is 1. The van der Waals surface area contributed by atoms with E-state index in [1.165, 1.54) is 4.90 Å². The van der Waals surface area contributed by atoms with E-state index in [-0.39, 0.29) is 11.8 Å². The Balaban J connectivity index is 1.68. The van der Waals surface area contributed by atoms with E-state index in [0.717, 1.165) is 42.5 Å². The smallest absolute Gasteiger partial charge is 0.272 e. The standard InChI is InChI=1S/C27H32N4O3/c1-3-4-18-28-25(33)27(16-10-11-17-27)26(34)30-23-24(32)31(2)21-15-9-8-14-20(21)22(29-23)19-12-6-5-7-13-19/h5-9,12-15,23H,3-4,10-11,16-18H2,1-2H3,(H,28,33)(H,30,34). The Morgan fingerprint density at radius 1 is 1.03 bits per heavy atom. The number of nitrogens with zero attached hydrogens (tertiary/aromatic N) is 2. The van der Waals surface area contributed by atoms with Crippen LogP contribution in [0.15, 0.2) is 59.6 Å². The van der Waals surface area contributed by atoms with E-state index in [1.807, 2.05) is 54.6 Å². The molecule has 2 N–H and O–H groups in total. The minimum atomic E-state index is -1.16. The third kappa shape index (κ3) is 4.47. The number of hydrogen-bond donors (Lipinski definition) is 2. The second-order valence-corrected chi connectivity index (χ2v) is 9.03. The lowest BCUT2D eigenvalue weighted by atomic mass is 9.83. The lowest BCUT2D eigenvalue weighted by Gasteiger charge is -2.28. The van der Waals surface area contributed by atoms with Crippen molar-refractivity contribution in [2.45, 2.75) is 51.6 Å². The summed E-state index contributed by atoms with van der Waals surface area (Å²) in [5, 5.41) is 5.78. The second-order valence-electron chi connectivity index (χ2n) is 9.03. The largest absolute Gasteiger partial charge is 0.355 e. The maximum atomic E-state index is 13.6. The lowest BCUT2D eigenvalue weighted by Crippen LogP contribution is -2.55. The van der Waals surface area contributed by atoms with E-state index in [9.17, 15) is 14.4 Å². The Morgan fingerprint density at radius 2 is 1.71 bits per heavy atom. The molecule has 2 aromatic carbocycles. The van der Waals surface area contributed by atoms with Crippen molar-refractivity contribution in [3.05, 3.63) is 65.7 Å². The molecule has 0 radical (unpaired) electrons. The molecule has 1 aliphatic heterocycles. The van der Waals surface area contributed by atoms with Crippen molar-refractivity contribution in [2.75, 3.05) is 18.5 Å².